The molecule has 3 nitrogen and oxygen atoms in total. The first-order valence-electron chi connectivity index (χ1n) is 5.46. The summed E-state index contributed by atoms with van der Waals surface area (Å²) < 4.78 is 42.8. The Labute approximate surface area is 101 Å². The zero-order valence-electron chi connectivity index (χ0n) is 9.00. The van der Waals surface area contributed by atoms with Gasteiger partial charge in [-0.25, -0.2) is 0 Å². The lowest BCUT2D eigenvalue weighted by Gasteiger charge is -2.28. The van der Waals surface area contributed by atoms with Gasteiger partial charge in [0, 0.05) is 5.92 Å². The minimum Gasteiger partial charge on any atom is -0.339 e. The van der Waals surface area contributed by atoms with Crippen LogP contribution in [0.2, 0.25) is 0 Å². The summed E-state index contributed by atoms with van der Waals surface area (Å²) in [7, 11) is 0. The molecule has 1 aromatic heterocycles. The predicted molar refractivity (Wildman–Crippen MR) is 54.6 cm³/mol. The van der Waals surface area contributed by atoms with Gasteiger partial charge in [0.1, 0.15) is 0 Å². The van der Waals surface area contributed by atoms with Crippen molar-refractivity contribution in [3.63, 3.8) is 0 Å². The van der Waals surface area contributed by atoms with Crippen LogP contribution in [0.4, 0.5) is 13.2 Å². The third-order valence-corrected chi connectivity index (χ3v) is 3.33. The number of alkyl halides is 4. The summed E-state index contributed by atoms with van der Waals surface area (Å²) in [6, 6.07) is 0. The summed E-state index contributed by atoms with van der Waals surface area (Å²) in [6.45, 7) is 0. The van der Waals surface area contributed by atoms with Crippen LogP contribution in [0, 0.1) is 5.92 Å². The molecule has 1 heterocycles. The predicted octanol–water partition coefficient (Wildman–Crippen LogP) is 3.64. The van der Waals surface area contributed by atoms with Crippen LogP contribution >= 0.6 is 11.6 Å². The van der Waals surface area contributed by atoms with Gasteiger partial charge in [0.15, 0.2) is 5.82 Å². The molecule has 1 aliphatic rings. The van der Waals surface area contributed by atoms with Gasteiger partial charge in [0.2, 0.25) is 5.89 Å². The molecule has 1 aliphatic carbocycles. The molecule has 0 N–H and O–H groups in total. The minimum absolute atomic E-state index is 0.0351. The Bertz CT molecular complexity index is 380. The van der Waals surface area contributed by atoms with Gasteiger partial charge in [0.05, 0.1) is 11.8 Å². The van der Waals surface area contributed by atoms with E-state index in [1.54, 1.807) is 0 Å². The molecule has 0 aliphatic heterocycles. The van der Waals surface area contributed by atoms with Gasteiger partial charge in [-0.1, -0.05) is 11.6 Å². The summed E-state index contributed by atoms with van der Waals surface area (Å²) in [6.07, 6.45) is -2.71. The average Bonchev–Trinajstić information content (AvgIpc) is 2.76. The van der Waals surface area contributed by atoms with Crippen LogP contribution < -0.4 is 0 Å². The minimum atomic E-state index is -4.13. The van der Waals surface area contributed by atoms with Gasteiger partial charge in [-0.3, -0.25) is 0 Å². The van der Waals surface area contributed by atoms with Crippen molar-refractivity contribution >= 4 is 11.6 Å². The summed E-state index contributed by atoms with van der Waals surface area (Å²) in [5.41, 5.74) is 0. The zero-order valence-corrected chi connectivity index (χ0v) is 9.76. The maximum atomic E-state index is 12.6. The monoisotopic (exact) mass is 268 g/mol. The molecule has 0 aromatic carbocycles. The Morgan fingerprint density at radius 3 is 2.71 bits per heavy atom. The van der Waals surface area contributed by atoms with Crippen LogP contribution in [0.1, 0.15) is 43.3 Å². The van der Waals surface area contributed by atoms with Gasteiger partial charge < -0.3 is 4.52 Å². The van der Waals surface area contributed by atoms with E-state index >= 15 is 0 Å². The number of nitrogens with zero attached hydrogens (tertiary/aromatic N) is 2. The number of halogens is 4. The van der Waals surface area contributed by atoms with E-state index in [0.717, 1.165) is 0 Å². The van der Waals surface area contributed by atoms with Crippen molar-refractivity contribution in [1.29, 1.82) is 0 Å². The second-order valence-electron chi connectivity index (χ2n) is 4.28. The molecule has 1 fully saturated rings. The lowest BCUT2D eigenvalue weighted by Crippen LogP contribution is -2.28. The molecule has 2 rings (SSSR count). The highest BCUT2D eigenvalue weighted by Gasteiger charge is 2.43. The van der Waals surface area contributed by atoms with E-state index in [1.807, 2.05) is 0 Å². The molecule has 1 saturated carbocycles. The van der Waals surface area contributed by atoms with Gasteiger partial charge >= 0.3 is 6.18 Å². The summed E-state index contributed by atoms with van der Waals surface area (Å²) in [5.74, 6) is -0.823. The molecule has 2 unspecified atom stereocenters. The van der Waals surface area contributed by atoms with Crippen LogP contribution in [-0.2, 0) is 5.88 Å². The third kappa shape index (κ3) is 2.91. The Hall–Kier alpha value is -0.780. The second kappa shape index (κ2) is 4.84. The van der Waals surface area contributed by atoms with Crippen molar-refractivity contribution in [2.75, 3.05) is 0 Å². The van der Waals surface area contributed by atoms with Crippen molar-refractivity contribution in [2.24, 2.45) is 5.92 Å². The number of hydrogen-bond acceptors (Lipinski definition) is 3. The number of rotatable bonds is 2. The first-order valence-corrected chi connectivity index (χ1v) is 5.99. The highest BCUT2D eigenvalue weighted by molar-refractivity contribution is 6.16. The maximum absolute atomic E-state index is 12.6. The van der Waals surface area contributed by atoms with E-state index in [2.05, 4.69) is 10.1 Å². The fourth-order valence-corrected chi connectivity index (χ4v) is 2.31. The standard InChI is InChI=1S/C10H12ClF3N2O/c11-5-8-15-9(17-16-8)6-2-1-3-7(4-6)10(12,13)14/h6-7H,1-5H2. The molecule has 96 valence electrons. The van der Waals surface area contributed by atoms with Crippen LogP contribution in [0.3, 0.4) is 0 Å². The molecule has 0 radical (unpaired) electrons. The fraction of sp³-hybridized carbons (Fsp3) is 0.800. The fourth-order valence-electron chi connectivity index (χ4n) is 2.20. The topological polar surface area (TPSA) is 38.9 Å². The van der Waals surface area contributed by atoms with Crippen molar-refractivity contribution in [2.45, 2.75) is 43.7 Å². The second-order valence-corrected chi connectivity index (χ2v) is 4.55. The van der Waals surface area contributed by atoms with Gasteiger partial charge in [-0.05, 0) is 19.3 Å². The van der Waals surface area contributed by atoms with Gasteiger partial charge in [0.25, 0.3) is 0 Å². The smallest absolute Gasteiger partial charge is 0.339 e. The Balaban J connectivity index is 2.06. The van der Waals surface area contributed by atoms with Crippen molar-refractivity contribution in [3.05, 3.63) is 11.7 Å². The van der Waals surface area contributed by atoms with Crippen LogP contribution in [-0.4, -0.2) is 16.3 Å². The number of hydrogen-bond donors (Lipinski definition) is 0. The summed E-state index contributed by atoms with van der Waals surface area (Å²) >= 11 is 5.52. The normalized spacial score (nSPS) is 26.1. The zero-order chi connectivity index (χ0) is 12.5. The first-order chi connectivity index (χ1) is 8.00. The van der Waals surface area contributed by atoms with E-state index in [-0.39, 0.29) is 30.5 Å². The maximum Gasteiger partial charge on any atom is 0.391 e. The molecule has 0 bridgehead atoms. The SMILES string of the molecule is FC(F)(F)C1CCCC(c2nc(CCl)no2)C1. The van der Waals surface area contributed by atoms with Crippen molar-refractivity contribution < 1.29 is 17.7 Å². The van der Waals surface area contributed by atoms with E-state index < -0.39 is 12.1 Å². The highest BCUT2D eigenvalue weighted by atomic mass is 35.5. The molecule has 7 heteroatoms. The molecule has 17 heavy (non-hydrogen) atoms. The Morgan fingerprint density at radius 2 is 2.12 bits per heavy atom. The molecule has 1 aromatic rings. The van der Waals surface area contributed by atoms with Crippen LogP contribution in [0.5, 0.6) is 0 Å². The molecule has 0 spiro atoms. The van der Waals surface area contributed by atoms with Gasteiger partial charge in [-0.15, -0.1) is 11.6 Å². The first kappa shape index (κ1) is 12.7. The van der Waals surface area contributed by atoms with Crippen LogP contribution in [0.25, 0.3) is 0 Å². The molecular formula is C10H12ClF3N2O. The number of aromatic nitrogens is 2. The molecule has 0 amide bonds. The molecular weight excluding hydrogens is 257 g/mol. The van der Waals surface area contributed by atoms with E-state index in [4.69, 9.17) is 16.1 Å². The third-order valence-electron chi connectivity index (χ3n) is 3.09. The molecule has 2 atom stereocenters. The van der Waals surface area contributed by atoms with Crippen molar-refractivity contribution in [3.8, 4) is 0 Å². The lowest BCUT2D eigenvalue weighted by atomic mass is 9.81. The molecule has 0 saturated heterocycles. The largest absolute Gasteiger partial charge is 0.391 e. The quantitative estimate of drug-likeness (QED) is 0.769. The summed E-state index contributed by atoms with van der Waals surface area (Å²) in [5, 5.41) is 3.60. The Kier molecular flexibility index (Phi) is 3.61. The van der Waals surface area contributed by atoms with Crippen molar-refractivity contribution in [1.82, 2.24) is 10.1 Å². The van der Waals surface area contributed by atoms with E-state index in [0.29, 0.717) is 18.7 Å². The van der Waals surface area contributed by atoms with E-state index in [1.165, 1.54) is 0 Å². The Morgan fingerprint density at radius 1 is 1.35 bits per heavy atom. The van der Waals surface area contributed by atoms with Crippen LogP contribution in [0.15, 0.2) is 4.52 Å². The summed E-state index contributed by atoms with van der Waals surface area (Å²) in [4.78, 5) is 3.99. The average molecular weight is 269 g/mol. The van der Waals surface area contributed by atoms with E-state index in [9.17, 15) is 13.2 Å². The lowest BCUT2D eigenvalue weighted by molar-refractivity contribution is -0.183. The van der Waals surface area contributed by atoms with Gasteiger partial charge in [-0.2, -0.15) is 18.2 Å². The highest BCUT2D eigenvalue weighted by Crippen LogP contribution is 2.43.